The van der Waals surface area contributed by atoms with Gasteiger partial charge in [0.15, 0.2) is 0 Å². The molecule has 0 aromatic rings. The molecule has 1 heterocycles. The van der Waals surface area contributed by atoms with Gasteiger partial charge >= 0.3 is 0 Å². The van der Waals surface area contributed by atoms with Gasteiger partial charge < -0.3 is 10.4 Å². The lowest BCUT2D eigenvalue weighted by molar-refractivity contribution is 0.128. The summed E-state index contributed by atoms with van der Waals surface area (Å²) < 4.78 is 0. The summed E-state index contributed by atoms with van der Waals surface area (Å²) in [6.45, 7) is 1.51. The smallest absolute Gasteiger partial charge is 0.0502 e. The van der Waals surface area contributed by atoms with Crippen LogP contribution in [0.1, 0.15) is 25.7 Å². The van der Waals surface area contributed by atoms with Crippen molar-refractivity contribution < 1.29 is 5.11 Å². The van der Waals surface area contributed by atoms with E-state index in [0.29, 0.717) is 18.1 Å². The van der Waals surface area contributed by atoms with Gasteiger partial charge in [-0.15, -0.1) is 0 Å². The highest BCUT2D eigenvalue weighted by Crippen LogP contribution is 2.43. The number of aliphatic hydroxyl groups is 1. The SMILES string of the molecule is OC[C@@]12CCC[C@@H]1NCC2. The highest BCUT2D eigenvalue weighted by Gasteiger charge is 2.45. The summed E-state index contributed by atoms with van der Waals surface area (Å²) in [6, 6.07) is 0.637. The Morgan fingerprint density at radius 2 is 2.40 bits per heavy atom. The van der Waals surface area contributed by atoms with E-state index in [2.05, 4.69) is 5.32 Å². The molecule has 0 amide bonds. The second kappa shape index (κ2) is 2.21. The van der Waals surface area contributed by atoms with Gasteiger partial charge in [-0.3, -0.25) is 0 Å². The molecule has 0 aromatic carbocycles. The van der Waals surface area contributed by atoms with Crippen molar-refractivity contribution in [1.82, 2.24) is 5.32 Å². The van der Waals surface area contributed by atoms with Crippen molar-refractivity contribution >= 4 is 0 Å². The first-order valence-electron chi connectivity index (χ1n) is 4.22. The lowest BCUT2D eigenvalue weighted by atomic mass is 9.84. The summed E-state index contributed by atoms with van der Waals surface area (Å²) in [5, 5.41) is 12.6. The Kier molecular flexibility index (Phi) is 1.46. The van der Waals surface area contributed by atoms with Crippen LogP contribution in [0.25, 0.3) is 0 Å². The van der Waals surface area contributed by atoms with Crippen LogP contribution in [0.2, 0.25) is 0 Å². The molecule has 1 aliphatic heterocycles. The summed E-state index contributed by atoms with van der Waals surface area (Å²) in [5.41, 5.74) is 0.292. The topological polar surface area (TPSA) is 32.3 Å². The van der Waals surface area contributed by atoms with E-state index >= 15 is 0 Å². The lowest BCUT2D eigenvalue weighted by Gasteiger charge is -2.25. The van der Waals surface area contributed by atoms with Crippen LogP contribution in [-0.2, 0) is 0 Å². The van der Waals surface area contributed by atoms with Crippen LogP contribution >= 0.6 is 0 Å². The largest absolute Gasteiger partial charge is 0.396 e. The van der Waals surface area contributed by atoms with Crippen LogP contribution in [0.4, 0.5) is 0 Å². The van der Waals surface area contributed by atoms with Gasteiger partial charge in [-0.25, -0.2) is 0 Å². The fourth-order valence-electron chi connectivity index (χ4n) is 2.52. The van der Waals surface area contributed by atoms with Gasteiger partial charge in [0.1, 0.15) is 0 Å². The van der Waals surface area contributed by atoms with E-state index in [9.17, 15) is 5.11 Å². The van der Waals surface area contributed by atoms with E-state index < -0.39 is 0 Å². The number of hydrogen-bond acceptors (Lipinski definition) is 2. The maximum absolute atomic E-state index is 9.19. The van der Waals surface area contributed by atoms with Crippen LogP contribution in [0.5, 0.6) is 0 Å². The molecule has 58 valence electrons. The Morgan fingerprint density at radius 3 is 3.10 bits per heavy atom. The molecular weight excluding hydrogens is 126 g/mol. The first kappa shape index (κ1) is 6.62. The minimum absolute atomic E-state index is 0.292. The van der Waals surface area contributed by atoms with E-state index in [1.165, 1.54) is 25.7 Å². The summed E-state index contributed by atoms with van der Waals surface area (Å²) in [4.78, 5) is 0. The summed E-state index contributed by atoms with van der Waals surface area (Å²) >= 11 is 0. The molecule has 0 spiro atoms. The normalized spacial score (nSPS) is 45.9. The maximum Gasteiger partial charge on any atom is 0.0502 e. The first-order chi connectivity index (χ1) is 4.87. The van der Waals surface area contributed by atoms with E-state index in [0.717, 1.165) is 6.54 Å². The molecule has 1 aliphatic carbocycles. The van der Waals surface area contributed by atoms with Crippen molar-refractivity contribution in [2.45, 2.75) is 31.7 Å². The third-order valence-corrected chi connectivity index (χ3v) is 3.24. The number of rotatable bonds is 1. The van der Waals surface area contributed by atoms with Crippen molar-refractivity contribution in [2.24, 2.45) is 5.41 Å². The molecule has 0 aromatic heterocycles. The Bertz CT molecular complexity index is 125. The highest BCUT2D eigenvalue weighted by atomic mass is 16.3. The molecule has 0 bridgehead atoms. The van der Waals surface area contributed by atoms with Crippen LogP contribution in [0, 0.1) is 5.41 Å². The molecule has 10 heavy (non-hydrogen) atoms. The van der Waals surface area contributed by atoms with Crippen molar-refractivity contribution in [3.63, 3.8) is 0 Å². The second-order valence-corrected chi connectivity index (χ2v) is 3.67. The number of fused-ring (bicyclic) bond motifs is 1. The third kappa shape index (κ3) is 0.722. The molecule has 1 saturated carbocycles. The summed E-state index contributed by atoms with van der Waals surface area (Å²) in [6.07, 6.45) is 5.01. The summed E-state index contributed by atoms with van der Waals surface area (Å²) in [5.74, 6) is 0. The zero-order chi connectivity index (χ0) is 7.03. The molecule has 2 aliphatic rings. The van der Waals surface area contributed by atoms with Crippen molar-refractivity contribution in [1.29, 1.82) is 0 Å². The van der Waals surface area contributed by atoms with Gasteiger partial charge in [0.25, 0.3) is 0 Å². The van der Waals surface area contributed by atoms with E-state index in [1.54, 1.807) is 0 Å². The molecule has 2 nitrogen and oxygen atoms in total. The Balaban J connectivity index is 2.15. The fourth-order valence-corrected chi connectivity index (χ4v) is 2.52. The average molecular weight is 141 g/mol. The molecule has 0 radical (unpaired) electrons. The van der Waals surface area contributed by atoms with Crippen LogP contribution in [-0.4, -0.2) is 24.3 Å². The minimum Gasteiger partial charge on any atom is -0.396 e. The van der Waals surface area contributed by atoms with Crippen molar-refractivity contribution in [3.8, 4) is 0 Å². The zero-order valence-electron chi connectivity index (χ0n) is 6.27. The predicted molar refractivity (Wildman–Crippen MR) is 39.8 cm³/mol. The van der Waals surface area contributed by atoms with Gasteiger partial charge in [0, 0.05) is 11.5 Å². The zero-order valence-corrected chi connectivity index (χ0v) is 6.27. The number of nitrogens with one attached hydrogen (secondary N) is 1. The van der Waals surface area contributed by atoms with Crippen LogP contribution in [0.15, 0.2) is 0 Å². The molecular formula is C8H15NO. The average Bonchev–Trinajstić information content (AvgIpc) is 2.42. The third-order valence-electron chi connectivity index (χ3n) is 3.24. The molecule has 2 rings (SSSR count). The van der Waals surface area contributed by atoms with Crippen molar-refractivity contribution in [3.05, 3.63) is 0 Å². The van der Waals surface area contributed by atoms with Gasteiger partial charge in [-0.2, -0.15) is 0 Å². The molecule has 0 unspecified atom stereocenters. The molecule has 2 fully saturated rings. The monoisotopic (exact) mass is 141 g/mol. The number of aliphatic hydroxyl groups excluding tert-OH is 1. The van der Waals surface area contributed by atoms with Crippen molar-refractivity contribution in [2.75, 3.05) is 13.2 Å². The van der Waals surface area contributed by atoms with E-state index in [-0.39, 0.29) is 0 Å². The minimum atomic E-state index is 0.292. The van der Waals surface area contributed by atoms with Gasteiger partial charge in [-0.05, 0) is 25.8 Å². The number of hydrogen-bond donors (Lipinski definition) is 2. The van der Waals surface area contributed by atoms with E-state index in [1.807, 2.05) is 0 Å². The first-order valence-corrected chi connectivity index (χ1v) is 4.22. The fraction of sp³-hybridized carbons (Fsp3) is 1.00. The molecule has 1 saturated heterocycles. The lowest BCUT2D eigenvalue weighted by Crippen LogP contribution is -2.34. The Morgan fingerprint density at radius 1 is 1.50 bits per heavy atom. The maximum atomic E-state index is 9.19. The predicted octanol–water partition coefficient (Wildman–Crippen LogP) is 0.511. The second-order valence-electron chi connectivity index (χ2n) is 3.67. The molecule has 2 N–H and O–H groups in total. The standard InChI is InChI=1S/C8H15NO/c10-6-8-3-1-2-7(8)9-5-4-8/h7,9-10H,1-6H2/t7-,8-/m0/s1. The van der Waals surface area contributed by atoms with E-state index in [4.69, 9.17) is 0 Å². The quantitative estimate of drug-likeness (QED) is 0.557. The molecule has 2 atom stereocenters. The van der Waals surface area contributed by atoms with Gasteiger partial charge in [0.05, 0.1) is 6.61 Å². The summed E-state index contributed by atoms with van der Waals surface area (Å²) in [7, 11) is 0. The molecule has 2 heteroatoms. The Hall–Kier alpha value is -0.0800. The Labute approximate surface area is 61.6 Å². The van der Waals surface area contributed by atoms with Gasteiger partial charge in [0.2, 0.25) is 0 Å². The van der Waals surface area contributed by atoms with Crippen LogP contribution < -0.4 is 5.32 Å². The van der Waals surface area contributed by atoms with Gasteiger partial charge in [-0.1, -0.05) is 6.42 Å². The van der Waals surface area contributed by atoms with Crippen LogP contribution in [0.3, 0.4) is 0 Å². The highest BCUT2D eigenvalue weighted by molar-refractivity contribution is 5.00.